The molecule has 0 unspecified atom stereocenters. The van der Waals surface area contributed by atoms with Crippen LogP contribution in [0.5, 0.6) is 0 Å². The third-order valence-electron chi connectivity index (χ3n) is 5.64. The number of pyridine rings is 1. The number of para-hydroxylation sites is 1. The van der Waals surface area contributed by atoms with Crippen LogP contribution in [0.2, 0.25) is 0 Å². The lowest BCUT2D eigenvalue weighted by molar-refractivity contribution is -0.141. The fraction of sp³-hybridized carbons (Fsp3) is 0.476. The van der Waals surface area contributed by atoms with Gasteiger partial charge in [0.2, 0.25) is 11.8 Å². The van der Waals surface area contributed by atoms with Gasteiger partial charge in [-0.15, -0.1) is 0 Å². The van der Waals surface area contributed by atoms with Crippen molar-refractivity contribution >= 4 is 28.4 Å². The standard InChI is InChI=1S/C21H25N3O2/c1-2-14-13-19(17-5-3-4-6-18(17)22-14)23-15-7-9-16(10-8-15)24-20(25)11-12-21(24)26/h3-6,13,15-16H,2,7-12H2,1H3,(H,22,23). The molecule has 1 aromatic carbocycles. The van der Waals surface area contributed by atoms with Gasteiger partial charge in [0.15, 0.2) is 0 Å². The molecule has 1 aromatic heterocycles. The second kappa shape index (κ2) is 7.06. The number of hydrogen-bond donors (Lipinski definition) is 1. The first-order valence-corrected chi connectivity index (χ1v) is 9.66. The predicted molar refractivity (Wildman–Crippen MR) is 102 cm³/mol. The van der Waals surface area contributed by atoms with Crippen LogP contribution in [-0.2, 0) is 16.0 Å². The molecule has 4 rings (SSSR count). The number of benzene rings is 1. The molecule has 2 heterocycles. The summed E-state index contributed by atoms with van der Waals surface area (Å²) in [6.07, 6.45) is 5.41. The Morgan fingerprint density at radius 3 is 2.46 bits per heavy atom. The first kappa shape index (κ1) is 17.0. The fourth-order valence-corrected chi connectivity index (χ4v) is 4.23. The van der Waals surface area contributed by atoms with Crippen molar-refractivity contribution in [2.75, 3.05) is 5.32 Å². The smallest absolute Gasteiger partial charge is 0.229 e. The van der Waals surface area contributed by atoms with Crippen LogP contribution in [0.4, 0.5) is 5.69 Å². The van der Waals surface area contributed by atoms with E-state index in [9.17, 15) is 9.59 Å². The largest absolute Gasteiger partial charge is 0.382 e. The SMILES string of the molecule is CCc1cc(NC2CCC(N3C(=O)CCC3=O)CC2)c2ccccc2n1. The minimum atomic E-state index is 0.0131. The summed E-state index contributed by atoms with van der Waals surface area (Å²) in [5, 5.41) is 4.85. The van der Waals surface area contributed by atoms with Crippen molar-refractivity contribution in [3.05, 3.63) is 36.0 Å². The lowest BCUT2D eigenvalue weighted by Crippen LogP contribution is -2.43. The van der Waals surface area contributed by atoms with Crippen molar-refractivity contribution in [2.24, 2.45) is 0 Å². The fourth-order valence-electron chi connectivity index (χ4n) is 4.23. The summed E-state index contributed by atoms with van der Waals surface area (Å²) in [5.41, 5.74) is 3.26. The first-order valence-electron chi connectivity index (χ1n) is 9.66. The van der Waals surface area contributed by atoms with Gasteiger partial charge in [-0.3, -0.25) is 19.5 Å². The first-order chi connectivity index (χ1) is 12.7. The number of amides is 2. The van der Waals surface area contributed by atoms with E-state index in [2.05, 4.69) is 30.4 Å². The number of nitrogens with one attached hydrogen (secondary N) is 1. The van der Waals surface area contributed by atoms with Gasteiger partial charge < -0.3 is 5.32 Å². The zero-order valence-corrected chi connectivity index (χ0v) is 15.2. The van der Waals surface area contributed by atoms with E-state index in [0.717, 1.165) is 54.4 Å². The molecule has 136 valence electrons. The molecule has 2 aromatic rings. The summed E-state index contributed by atoms with van der Waals surface area (Å²) in [5.74, 6) is 0.0262. The molecule has 0 bridgehead atoms. The average molecular weight is 351 g/mol. The Labute approximate surface area is 153 Å². The Bertz CT molecular complexity index is 824. The molecule has 1 N–H and O–H groups in total. The van der Waals surface area contributed by atoms with Crippen LogP contribution in [0.15, 0.2) is 30.3 Å². The van der Waals surface area contributed by atoms with E-state index < -0.39 is 0 Å². The van der Waals surface area contributed by atoms with Gasteiger partial charge in [0.05, 0.1) is 5.52 Å². The third kappa shape index (κ3) is 3.18. The summed E-state index contributed by atoms with van der Waals surface area (Å²) in [6, 6.07) is 10.8. The van der Waals surface area contributed by atoms with Gasteiger partial charge in [0, 0.05) is 41.7 Å². The highest BCUT2D eigenvalue weighted by atomic mass is 16.2. The second-order valence-corrected chi connectivity index (χ2v) is 7.34. The van der Waals surface area contributed by atoms with Gasteiger partial charge in [-0.05, 0) is 44.2 Å². The lowest BCUT2D eigenvalue weighted by atomic mass is 9.90. The van der Waals surface area contributed by atoms with Gasteiger partial charge in [0.1, 0.15) is 0 Å². The third-order valence-corrected chi connectivity index (χ3v) is 5.64. The number of fused-ring (bicyclic) bond motifs is 1. The van der Waals surface area contributed by atoms with Gasteiger partial charge in [-0.2, -0.15) is 0 Å². The van der Waals surface area contributed by atoms with Crippen LogP contribution < -0.4 is 5.32 Å². The van der Waals surface area contributed by atoms with Gasteiger partial charge in [0.25, 0.3) is 0 Å². The summed E-state index contributed by atoms with van der Waals surface area (Å²) < 4.78 is 0. The van der Waals surface area contributed by atoms with Crippen LogP contribution >= 0.6 is 0 Å². The van der Waals surface area contributed by atoms with E-state index in [1.54, 1.807) is 0 Å². The van der Waals surface area contributed by atoms with Crippen LogP contribution in [-0.4, -0.2) is 33.8 Å². The number of imide groups is 1. The molecule has 1 saturated carbocycles. The Balaban J connectivity index is 1.47. The topological polar surface area (TPSA) is 62.3 Å². The average Bonchev–Trinajstić information content (AvgIpc) is 3.00. The summed E-state index contributed by atoms with van der Waals surface area (Å²) in [7, 11) is 0. The number of hydrogen-bond acceptors (Lipinski definition) is 4. The predicted octanol–water partition coefficient (Wildman–Crippen LogP) is 3.67. The van der Waals surface area contributed by atoms with Crippen molar-refractivity contribution in [2.45, 2.75) is 64.0 Å². The number of nitrogens with zero attached hydrogens (tertiary/aromatic N) is 2. The van der Waals surface area contributed by atoms with E-state index >= 15 is 0 Å². The quantitative estimate of drug-likeness (QED) is 0.854. The minimum absolute atomic E-state index is 0.0131. The molecule has 2 fully saturated rings. The molecule has 5 nitrogen and oxygen atoms in total. The molecular formula is C21H25N3O2. The molecular weight excluding hydrogens is 326 g/mol. The molecule has 26 heavy (non-hydrogen) atoms. The Morgan fingerprint density at radius 1 is 1.08 bits per heavy atom. The van der Waals surface area contributed by atoms with Crippen LogP contribution in [0, 0.1) is 0 Å². The summed E-state index contributed by atoms with van der Waals surface area (Å²) in [4.78, 5) is 30.2. The molecule has 0 spiro atoms. The highest BCUT2D eigenvalue weighted by Gasteiger charge is 2.36. The van der Waals surface area contributed by atoms with E-state index in [1.807, 2.05) is 12.1 Å². The maximum Gasteiger partial charge on any atom is 0.229 e. The number of aromatic nitrogens is 1. The van der Waals surface area contributed by atoms with Crippen molar-refractivity contribution in [3.8, 4) is 0 Å². The van der Waals surface area contributed by atoms with E-state index in [1.165, 1.54) is 4.90 Å². The molecule has 0 atom stereocenters. The van der Waals surface area contributed by atoms with Gasteiger partial charge in [-0.1, -0.05) is 25.1 Å². The van der Waals surface area contributed by atoms with Crippen molar-refractivity contribution in [3.63, 3.8) is 0 Å². The number of carbonyl (C=O) groups is 2. The normalized spacial score (nSPS) is 23.7. The number of likely N-dealkylation sites (tertiary alicyclic amines) is 1. The minimum Gasteiger partial charge on any atom is -0.382 e. The molecule has 2 aliphatic rings. The number of aryl methyl sites for hydroxylation is 1. The van der Waals surface area contributed by atoms with Crippen molar-refractivity contribution in [1.82, 2.24) is 9.88 Å². The molecule has 2 amide bonds. The number of carbonyl (C=O) groups excluding carboxylic acids is 2. The molecule has 1 aliphatic carbocycles. The molecule has 1 aliphatic heterocycles. The highest BCUT2D eigenvalue weighted by Crippen LogP contribution is 2.31. The molecule has 5 heteroatoms. The van der Waals surface area contributed by atoms with E-state index in [-0.39, 0.29) is 17.9 Å². The molecule has 1 saturated heterocycles. The zero-order valence-electron chi connectivity index (χ0n) is 15.2. The van der Waals surface area contributed by atoms with E-state index in [0.29, 0.717) is 18.9 Å². The van der Waals surface area contributed by atoms with Gasteiger partial charge >= 0.3 is 0 Å². The Morgan fingerprint density at radius 2 is 1.77 bits per heavy atom. The Kier molecular flexibility index (Phi) is 4.62. The lowest BCUT2D eigenvalue weighted by Gasteiger charge is -2.34. The van der Waals surface area contributed by atoms with Crippen LogP contribution in [0.3, 0.4) is 0 Å². The van der Waals surface area contributed by atoms with E-state index in [4.69, 9.17) is 4.98 Å². The maximum absolute atomic E-state index is 12.0. The zero-order chi connectivity index (χ0) is 18.1. The van der Waals surface area contributed by atoms with Crippen molar-refractivity contribution < 1.29 is 9.59 Å². The number of anilines is 1. The maximum atomic E-state index is 12.0. The highest BCUT2D eigenvalue weighted by molar-refractivity contribution is 6.02. The molecule has 0 radical (unpaired) electrons. The van der Waals surface area contributed by atoms with Crippen molar-refractivity contribution in [1.29, 1.82) is 0 Å². The Hall–Kier alpha value is -2.43. The van der Waals surface area contributed by atoms with Gasteiger partial charge in [-0.25, -0.2) is 0 Å². The monoisotopic (exact) mass is 351 g/mol. The summed E-state index contributed by atoms with van der Waals surface area (Å²) in [6.45, 7) is 2.12. The summed E-state index contributed by atoms with van der Waals surface area (Å²) >= 11 is 0. The van der Waals surface area contributed by atoms with Crippen LogP contribution in [0.1, 0.15) is 51.1 Å². The second-order valence-electron chi connectivity index (χ2n) is 7.34. The number of rotatable bonds is 4. The van der Waals surface area contributed by atoms with Crippen LogP contribution in [0.25, 0.3) is 10.9 Å².